The fourth-order valence-electron chi connectivity index (χ4n) is 2.34. The van der Waals surface area contributed by atoms with Gasteiger partial charge in [-0.25, -0.2) is 0 Å². The summed E-state index contributed by atoms with van der Waals surface area (Å²) in [5.74, 6) is -0.312. The van der Waals surface area contributed by atoms with Crippen LogP contribution in [0.5, 0.6) is 5.75 Å². The Labute approximate surface area is 155 Å². The Morgan fingerprint density at radius 3 is 2.44 bits per heavy atom. The van der Waals surface area contributed by atoms with Crippen molar-refractivity contribution < 1.29 is 27.4 Å². The molecule has 5 nitrogen and oxygen atoms in total. The third-order valence-electron chi connectivity index (χ3n) is 3.70. The van der Waals surface area contributed by atoms with E-state index in [0.717, 1.165) is 17.8 Å². The van der Waals surface area contributed by atoms with E-state index in [-0.39, 0.29) is 31.2 Å². The summed E-state index contributed by atoms with van der Waals surface area (Å²) >= 11 is 0. The minimum Gasteiger partial charge on any atom is -0.489 e. The lowest BCUT2D eigenvalue weighted by Crippen LogP contribution is -2.30. The van der Waals surface area contributed by atoms with E-state index < -0.39 is 17.6 Å². The number of likely N-dealkylation sites (N-methyl/N-ethyl adjacent to an activating group) is 1. The molecule has 0 unspecified atom stereocenters. The lowest BCUT2D eigenvalue weighted by Gasteiger charge is -2.20. The van der Waals surface area contributed by atoms with E-state index in [4.69, 9.17) is 9.47 Å². The minimum absolute atomic E-state index is 0.0300. The summed E-state index contributed by atoms with van der Waals surface area (Å²) in [6, 6.07) is 12.1. The number of hydrogen-bond donors (Lipinski definition) is 1. The van der Waals surface area contributed by atoms with E-state index in [0.29, 0.717) is 0 Å². The van der Waals surface area contributed by atoms with Gasteiger partial charge in [0.05, 0.1) is 24.4 Å². The number of anilines is 2. The number of halogens is 3. The van der Waals surface area contributed by atoms with Gasteiger partial charge in [0.1, 0.15) is 12.4 Å². The van der Waals surface area contributed by atoms with Gasteiger partial charge < -0.3 is 19.7 Å². The largest absolute Gasteiger partial charge is 0.489 e. The molecule has 2 aromatic rings. The monoisotopic (exact) mass is 382 g/mol. The molecule has 0 spiro atoms. The highest BCUT2D eigenvalue weighted by atomic mass is 19.4. The summed E-state index contributed by atoms with van der Waals surface area (Å²) in [5.41, 5.74) is -0.0889. The first-order valence-corrected chi connectivity index (χ1v) is 8.20. The van der Waals surface area contributed by atoms with Crippen molar-refractivity contribution in [1.29, 1.82) is 0 Å². The Morgan fingerprint density at radius 1 is 1.11 bits per heavy atom. The summed E-state index contributed by atoms with van der Waals surface area (Å²) in [4.78, 5) is 14.0. The second-order valence-electron chi connectivity index (χ2n) is 5.79. The molecule has 0 aliphatic heterocycles. The molecule has 2 rings (SSSR count). The van der Waals surface area contributed by atoms with E-state index in [9.17, 15) is 18.0 Å². The van der Waals surface area contributed by atoms with Gasteiger partial charge in [-0.05, 0) is 30.3 Å². The molecule has 146 valence electrons. The average Bonchev–Trinajstić information content (AvgIpc) is 2.62. The highest BCUT2D eigenvalue weighted by Crippen LogP contribution is 2.35. The maximum Gasteiger partial charge on any atom is 0.416 e. The van der Waals surface area contributed by atoms with Gasteiger partial charge in [-0.3, -0.25) is 4.79 Å². The van der Waals surface area contributed by atoms with Crippen molar-refractivity contribution in [2.75, 3.05) is 44.1 Å². The number of alkyl halides is 3. The quantitative estimate of drug-likeness (QED) is 0.706. The summed E-state index contributed by atoms with van der Waals surface area (Å²) in [6.45, 7) is 0.386. The molecule has 1 N–H and O–H groups in total. The lowest BCUT2D eigenvalue weighted by atomic mass is 10.1. The number of amides is 1. The first-order chi connectivity index (χ1) is 12.8. The van der Waals surface area contributed by atoms with Gasteiger partial charge >= 0.3 is 6.18 Å². The van der Waals surface area contributed by atoms with Crippen molar-refractivity contribution in [1.82, 2.24) is 0 Å². The predicted octanol–water partition coefficient (Wildman–Crippen LogP) is 3.81. The van der Waals surface area contributed by atoms with E-state index in [1.54, 1.807) is 11.9 Å². The van der Waals surface area contributed by atoms with Gasteiger partial charge in [0.25, 0.3) is 0 Å². The second kappa shape index (κ2) is 9.27. The molecule has 1 amide bonds. The van der Waals surface area contributed by atoms with E-state index >= 15 is 0 Å². The van der Waals surface area contributed by atoms with Crippen LogP contribution in [0.15, 0.2) is 48.5 Å². The first kappa shape index (κ1) is 20.6. The zero-order valence-corrected chi connectivity index (χ0v) is 15.0. The summed E-state index contributed by atoms with van der Waals surface area (Å²) < 4.78 is 49.3. The van der Waals surface area contributed by atoms with Crippen molar-refractivity contribution in [2.45, 2.75) is 6.18 Å². The topological polar surface area (TPSA) is 50.8 Å². The maximum atomic E-state index is 13.0. The molecule has 0 saturated carbocycles. The molecule has 8 heteroatoms. The van der Waals surface area contributed by atoms with Crippen molar-refractivity contribution in [3.63, 3.8) is 0 Å². The SMILES string of the molecule is COCCOc1ccc(C(F)(F)F)cc1NC(=O)CN(C)c1ccccc1. The molecular weight excluding hydrogens is 361 g/mol. The number of para-hydroxylation sites is 1. The Balaban J connectivity index is 2.14. The highest BCUT2D eigenvalue weighted by Gasteiger charge is 2.31. The second-order valence-corrected chi connectivity index (χ2v) is 5.79. The number of nitrogens with zero attached hydrogens (tertiary/aromatic N) is 1. The predicted molar refractivity (Wildman–Crippen MR) is 97.2 cm³/mol. The molecule has 0 aromatic heterocycles. The number of carbonyl (C=O) groups excluding carboxylic acids is 1. The number of benzene rings is 2. The van der Waals surface area contributed by atoms with E-state index in [1.807, 2.05) is 30.3 Å². The fraction of sp³-hybridized carbons (Fsp3) is 0.316. The van der Waals surface area contributed by atoms with Gasteiger partial charge in [-0.15, -0.1) is 0 Å². The van der Waals surface area contributed by atoms with E-state index in [1.165, 1.54) is 13.2 Å². The van der Waals surface area contributed by atoms with Crippen LogP contribution >= 0.6 is 0 Å². The summed E-state index contributed by atoms with van der Waals surface area (Å²) in [6.07, 6.45) is -4.52. The molecule has 0 atom stereocenters. The van der Waals surface area contributed by atoms with Crippen LogP contribution in [0.4, 0.5) is 24.5 Å². The van der Waals surface area contributed by atoms with Gasteiger partial charge in [0, 0.05) is 19.8 Å². The Morgan fingerprint density at radius 2 is 1.81 bits per heavy atom. The summed E-state index contributed by atoms with van der Waals surface area (Å²) in [5, 5.41) is 2.50. The molecule has 27 heavy (non-hydrogen) atoms. The van der Waals surface area contributed by atoms with Gasteiger partial charge in [0.2, 0.25) is 5.91 Å². The summed E-state index contributed by atoms with van der Waals surface area (Å²) in [7, 11) is 3.20. The van der Waals surface area contributed by atoms with Gasteiger partial charge in [-0.1, -0.05) is 18.2 Å². The van der Waals surface area contributed by atoms with Crippen LogP contribution < -0.4 is 15.0 Å². The fourth-order valence-corrected chi connectivity index (χ4v) is 2.34. The number of methoxy groups -OCH3 is 1. The van der Waals surface area contributed by atoms with Crippen molar-refractivity contribution >= 4 is 17.3 Å². The normalized spacial score (nSPS) is 11.1. The molecule has 0 aliphatic rings. The molecule has 0 bridgehead atoms. The highest BCUT2D eigenvalue weighted by molar-refractivity contribution is 5.95. The van der Waals surface area contributed by atoms with Crippen LogP contribution in [0, 0.1) is 0 Å². The van der Waals surface area contributed by atoms with Crippen molar-refractivity contribution in [3.05, 3.63) is 54.1 Å². The smallest absolute Gasteiger partial charge is 0.416 e. The molecule has 0 fully saturated rings. The zero-order chi connectivity index (χ0) is 19.9. The number of ether oxygens (including phenoxy) is 2. The van der Waals surface area contributed by atoms with E-state index in [2.05, 4.69) is 5.32 Å². The van der Waals surface area contributed by atoms with Crippen LogP contribution in [0.3, 0.4) is 0 Å². The number of nitrogens with one attached hydrogen (secondary N) is 1. The van der Waals surface area contributed by atoms with Crippen molar-refractivity contribution in [2.24, 2.45) is 0 Å². The standard InChI is InChI=1S/C19H21F3N2O3/c1-24(15-6-4-3-5-7-15)13-18(25)23-16-12-14(19(20,21)22)8-9-17(16)27-11-10-26-2/h3-9,12H,10-11,13H2,1-2H3,(H,23,25). The number of rotatable bonds is 8. The molecule has 0 heterocycles. The maximum absolute atomic E-state index is 13.0. The molecule has 2 aromatic carbocycles. The van der Waals surface area contributed by atoms with Crippen LogP contribution in [0.2, 0.25) is 0 Å². The third-order valence-corrected chi connectivity index (χ3v) is 3.70. The first-order valence-electron chi connectivity index (χ1n) is 8.20. The molecular formula is C19H21F3N2O3. The molecule has 0 aliphatic carbocycles. The molecule has 0 saturated heterocycles. The number of hydrogen-bond acceptors (Lipinski definition) is 4. The minimum atomic E-state index is -4.52. The lowest BCUT2D eigenvalue weighted by molar-refractivity contribution is -0.137. The van der Waals surface area contributed by atoms with Crippen LogP contribution in [-0.4, -0.2) is 39.8 Å². The zero-order valence-electron chi connectivity index (χ0n) is 15.0. The van der Waals surface area contributed by atoms with Crippen molar-refractivity contribution in [3.8, 4) is 5.75 Å². The number of carbonyl (C=O) groups is 1. The van der Waals surface area contributed by atoms with Crippen LogP contribution in [0.1, 0.15) is 5.56 Å². The van der Waals surface area contributed by atoms with Crippen LogP contribution in [-0.2, 0) is 15.7 Å². The Hall–Kier alpha value is -2.74. The van der Waals surface area contributed by atoms with Gasteiger partial charge in [0.15, 0.2) is 0 Å². The average molecular weight is 382 g/mol. The Kier molecular flexibility index (Phi) is 7.06. The van der Waals surface area contributed by atoms with Gasteiger partial charge in [-0.2, -0.15) is 13.2 Å². The third kappa shape index (κ3) is 6.18. The molecule has 0 radical (unpaired) electrons. The van der Waals surface area contributed by atoms with Crippen LogP contribution in [0.25, 0.3) is 0 Å². The Bertz CT molecular complexity index is 752.